The van der Waals surface area contributed by atoms with Gasteiger partial charge < -0.3 is 10.1 Å². The van der Waals surface area contributed by atoms with Gasteiger partial charge >= 0.3 is 6.36 Å². The SMILES string of the molecule is O=C(C=Cc1ccc(OC(F)(F)F)cc1)NCC(F)F. The lowest BCUT2D eigenvalue weighted by Crippen LogP contribution is -2.26. The summed E-state index contributed by atoms with van der Waals surface area (Å²) >= 11 is 0. The number of rotatable bonds is 5. The molecule has 0 unspecified atom stereocenters. The van der Waals surface area contributed by atoms with Gasteiger partial charge in [0.05, 0.1) is 6.54 Å². The molecule has 110 valence electrons. The van der Waals surface area contributed by atoms with Crippen LogP contribution in [0.3, 0.4) is 0 Å². The first-order valence-electron chi connectivity index (χ1n) is 5.36. The smallest absolute Gasteiger partial charge is 0.406 e. The zero-order valence-corrected chi connectivity index (χ0v) is 9.95. The summed E-state index contributed by atoms with van der Waals surface area (Å²) in [5, 5.41) is 1.95. The maximum Gasteiger partial charge on any atom is 0.573 e. The first-order chi connectivity index (χ1) is 9.26. The fraction of sp³-hybridized carbons (Fsp3) is 0.250. The van der Waals surface area contributed by atoms with Crippen molar-refractivity contribution in [1.29, 1.82) is 0 Å². The highest BCUT2D eigenvalue weighted by atomic mass is 19.4. The summed E-state index contributed by atoms with van der Waals surface area (Å²) in [5.74, 6) is -1.11. The molecule has 8 heteroatoms. The number of hydrogen-bond donors (Lipinski definition) is 1. The van der Waals surface area contributed by atoms with Crippen molar-refractivity contribution in [2.45, 2.75) is 12.8 Å². The number of carbonyl (C=O) groups excluding carboxylic acids is 1. The van der Waals surface area contributed by atoms with Crippen molar-refractivity contribution in [3.05, 3.63) is 35.9 Å². The zero-order valence-electron chi connectivity index (χ0n) is 9.95. The molecule has 1 N–H and O–H groups in total. The highest BCUT2D eigenvalue weighted by Gasteiger charge is 2.30. The molecule has 0 saturated heterocycles. The van der Waals surface area contributed by atoms with Gasteiger partial charge in [-0.05, 0) is 23.8 Å². The Kier molecular flexibility index (Phi) is 5.48. The van der Waals surface area contributed by atoms with Gasteiger partial charge in [-0.1, -0.05) is 12.1 Å². The van der Waals surface area contributed by atoms with E-state index in [-0.39, 0.29) is 0 Å². The van der Waals surface area contributed by atoms with Crippen molar-refractivity contribution in [3.8, 4) is 5.75 Å². The summed E-state index contributed by atoms with van der Waals surface area (Å²) in [7, 11) is 0. The third-order valence-electron chi connectivity index (χ3n) is 1.97. The summed E-state index contributed by atoms with van der Waals surface area (Å²) in [5.41, 5.74) is 0.423. The Morgan fingerprint density at radius 2 is 1.85 bits per heavy atom. The molecule has 0 aliphatic carbocycles. The average Bonchev–Trinajstić information content (AvgIpc) is 2.33. The highest BCUT2D eigenvalue weighted by Crippen LogP contribution is 2.22. The Balaban J connectivity index is 2.55. The lowest BCUT2D eigenvalue weighted by atomic mass is 10.2. The van der Waals surface area contributed by atoms with Gasteiger partial charge in [-0.15, -0.1) is 13.2 Å². The molecule has 1 aromatic carbocycles. The third-order valence-corrected chi connectivity index (χ3v) is 1.97. The zero-order chi connectivity index (χ0) is 15.2. The third kappa shape index (κ3) is 6.72. The molecule has 0 atom stereocenters. The van der Waals surface area contributed by atoms with E-state index in [0.717, 1.165) is 18.2 Å². The van der Waals surface area contributed by atoms with Crippen LogP contribution in [0.15, 0.2) is 30.3 Å². The lowest BCUT2D eigenvalue weighted by molar-refractivity contribution is -0.274. The average molecular weight is 295 g/mol. The monoisotopic (exact) mass is 295 g/mol. The van der Waals surface area contributed by atoms with E-state index in [1.807, 2.05) is 5.32 Å². The number of ether oxygens (including phenoxy) is 1. The fourth-order valence-corrected chi connectivity index (χ4v) is 1.19. The normalized spacial score (nSPS) is 11.9. The van der Waals surface area contributed by atoms with E-state index in [4.69, 9.17) is 0 Å². The molecule has 1 amide bonds. The van der Waals surface area contributed by atoms with Crippen LogP contribution in [-0.2, 0) is 4.79 Å². The topological polar surface area (TPSA) is 38.3 Å². The quantitative estimate of drug-likeness (QED) is 0.670. The van der Waals surface area contributed by atoms with Gasteiger partial charge in [0.1, 0.15) is 5.75 Å². The lowest BCUT2D eigenvalue weighted by Gasteiger charge is -2.08. The van der Waals surface area contributed by atoms with E-state index < -0.39 is 31.0 Å². The number of alkyl halides is 5. The van der Waals surface area contributed by atoms with Gasteiger partial charge in [0.2, 0.25) is 5.91 Å². The predicted octanol–water partition coefficient (Wildman–Crippen LogP) is 2.98. The Morgan fingerprint density at radius 3 is 2.35 bits per heavy atom. The number of amides is 1. The molecule has 0 radical (unpaired) electrons. The minimum absolute atomic E-state index is 0.392. The molecule has 0 aliphatic heterocycles. The van der Waals surface area contributed by atoms with Crippen molar-refractivity contribution in [2.75, 3.05) is 6.54 Å². The molecule has 1 aromatic rings. The number of halogens is 5. The second-order valence-electron chi connectivity index (χ2n) is 3.59. The maximum atomic E-state index is 11.9. The molecule has 3 nitrogen and oxygen atoms in total. The van der Waals surface area contributed by atoms with Crippen LogP contribution in [0.25, 0.3) is 6.08 Å². The van der Waals surface area contributed by atoms with Gasteiger partial charge in [-0.2, -0.15) is 0 Å². The number of hydrogen-bond acceptors (Lipinski definition) is 2. The molecule has 0 aromatic heterocycles. The van der Waals surface area contributed by atoms with Crippen LogP contribution in [0.4, 0.5) is 22.0 Å². The van der Waals surface area contributed by atoms with Crippen molar-refractivity contribution in [3.63, 3.8) is 0 Å². The van der Waals surface area contributed by atoms with E-state index >= 15 is 0 Å². The van der Waals surface area contributed by atoms with E-state index in [1.165, 1.54) is 18.2 Å². The minimum Gasteiger partial charge on any atom is -0.406 e. The van der Waals surface area contributed by atoms with Gasteiger partial charge in [0.25, 0.3) is 6.43 Å². The Hall–Kier alpha value is -2.12. The van der Waals surface area contributed by atoms with Gasteiger partial charge in [0, 0.05) is 6.08 Å². The summed E-state index contributed by atoms with van der Waals surface area (Å²) in [6.45, 7) is -0.762. The molecular weight excluding hydrogens is 285 g/mol. The molecule has 1 rings (SSSR count). The van der Waals surface area contributed by atoms with Crippen LogP contribution in [0.2, 0.25) is 0 Å². The second-order valence-corrected chi connectivity index (χ2v) is 3.59. The van der Waals surface area contributed by atoms with Gasteiger partial charge in [-0.25, -0.2) is 8.78 Å². The molecule has 0 bridgehead atoms. The van der Waals surface area contributed by atoms with Crippen molar-refractivity contribution in [1.82, 2.24) is 5.32 Å². The van der Waals surface area contributed by atoms with Crippen molar-refractivity contribution in [2.24, 2.45) is 0 Å². The van der Waals surface area contributed by atoms with Crippen LogP contribution in [0.1, 0.15) is 5.56 Å². The van der Waals surface area contributed by atoms with Crippen molar-refractivity contribution >= 4 is 12.0 Å². The van der Waals surface area contributed by atoms with E-state index in [0.29, 0.717) is 5.56 Å². The van der Waals surface area contributed by atoms with Crippen LogP contribution < -0.4 is 10.1 Å². The summed E-state index contributed by atoms with van der Waals surface area (Å²) in [6, 6.07) is 4.73. The van der Waals surface area contributed by atoms with Crippen molar-refractivity contribution < 1.29 is 31.5 Å². The molecule has 0 saturated carbocycles. The Bertz CT molecular complexity index is 468. The van der Waals surface area contributed by atoms with Crippen LogP contribution in [-0.4, -0.2) is 25.2 Å². The second kappa shape index (κ2) is 6.88. The highest BCUT2D eigenvalue weighted by molar-refractivity contribution is 5.91. The largest absolute Gasteiger partial charge is 0.573 e. The summed E-state index contributed by atoms with van der Waals surface area (Å²) < 4.78 is 62.9. The van der Waals surface area contributed by atoms with Gasteiger partial charge in [0.15, 0.2) is 0 Å². The first-order valence-corrected chi connectivity index (χ1v) is 5.36. The maximum absolute atomic E-state index is 11.9. The molecular formula is C12H10F5NO2. The number of benzene rings is 1. The molecule has 0 fully saturated rings. The van der Waals surface area contributed by atoms with E-state index in [9.17, 15) is 26.7 Å². The molecule has 20 heavy (non-hydrogen) atoms. The van der Waals surface area contributed by atoms with Crippen LogP contribution >= 0.6 is 0 Å². The first kappa shape index (κ1) is 15.9. The number of carbonyl (C=O) groups is 1. The van der Waals surface area contributed by atoms with E-state index in [1.54, 1.807) is 0 Å². The molecule has 0 aliphatic rings. The Morgan fingerprint density at radius 1 is 1.25 bits per heavy atom. The van der Waals surface area contributed by atoms with Crippen LogP contribution in [0, 0.1) is 0 Å². The van der Waals surface area contributed by atoms with E-state index in [2.05, 4.69) is 4.74 Å². The predicted molar refractivity (Wildman–Crippen MR) is 61.2 cm³/mol. The van der Waals surface area contributed by atoms with Gasteiger partial charge in [-0.3, -0.25) is 4.79 Å². The molecule has 0 spiro atoms. The number of nitrogens with one attached hydrogen (secondary N) is 1. The minimum atomic E-state index is -4.77. The van der Waals surface area contributed by atoms with Crippen LogP contribution in [0.5, 0.6) is 5.75 Å². The Labute approximate surface area is 111 Å². The molecule has 0 heterocycles. The fourth-order valence-electron chi connectivity index (χ4n) is 1.19. The summed E-state index contributed by atoms with van der Waals surface area (Å²) in [6.07, 6.45) is -5.14. The standard InChI is InChI=1S/C12H10F5NO2/c13-10(14)7-18-11(19)6-3-8-1-4-9(5-2-8)20-12(15,16)17/h1-6,10H,7H2,(H,18,19). The summed E-state index contributed by atoms with van der Waals surface area (Å²) in [4.78, 5) is 11.1.